The third-order valence-electron chi connectivity index (χ3n) is 4.25. The molecule has 0 unspecified atom stereocenters. The van der Waals surface area contributed by atoms with Gasteiger partial charge in [-0.2, -0.15) is 0 Å². The van der Waals surface area contributed by atoms with Crippen LogP contribution in [0.1, 0.15) is 0 Å². The molecule has 4 aromatic rings. The van der Waals surface area contributed by atoms with Gasteiger partial charge in [0.25, 0.3) is 0 Å². The molecule has 3 aromatic carbocycles. The zero-order valence-electron chi connectivity index (χ0n) is 12.9. The number of hydrogen-bond donors (Lipinski definition) is 1. The van der Waals surface area contributed by atoms with E-state index in [1.54, 1.807) is 0 Å². The molecule has 0 aliphatic carbocycles. The Hall–Kier alpha value is -3.33. The van der Waals surface area contributed by atoms with Gasteiger partial charge in [-0.15, -0.1) is 0 Å². The van der Waals surface area contributed by atoms with Gasteiger partial charge >= 0.3 is 0 Å². The van der Waals surface area contributed by atoms with E-state index in [1.807, 2.05) is 54.6 Å². The molecule has 24 heavy (non-hydrogen) atoms. The smallest absolute Gasteiger partial charge is 0.151 e. The molecule has 3 nitrogen and oxygen atoms in total. The SMILES string of the molecule is c1ccc2c(c1)Nc1cc(-c3ccc4ccccc4n3)ccc1O2. The number of nitrogens with one attached hydrogen (secondary N) is 1. The van der Waals surface area contributed by atoms with Crippen molar-refractivity contribution in [3.63, 3.8) is 0 Å². The molecule has 5 rings (SSSR count). The van der Waals surface area contributed by atoms with Gasteiger partial charge in [-0.05, 0) is 42.5 Å². The molecule has 0 saturated carbocycles. The predicted molar refractivity (Wildman–Crippen MR) is 97.0 cm³/mol. The average Bonchev–Trinajstić information content (AvgIpc) is 2.65. The van der Waals surface area contributed by atoms with Crippen molar-refractivity contribution in [1.82, 2.24) is 4.98 Å². The van der Waals surface area contributed by atoms with E-state index in [9.17, 15) is 0 Å². The molecule has 1 N–H and O–H groups in total. The maximum Gasteiger partial charge on any atom is 0.151 e. The summed E-state index contributed by atoms with van der Waals surface area (Å²) in [6.45, 7) is 0. The Morgan fingerprint density at radius 2 is 1.54 bits per heavy atom. The Kier molecular flexibility index (Phi) is 2.79. The van der Waals surface area contributed by atoms with Crippen LogP contribution in [0.4, 0.5) is 11.4 Å². The van der Waals surface area contributed by atoms with Crippen molar-refractivity contribution in [2.24, 2.45) is 0 Å². The van der Waals surface area contributed by atoms with Gasteiger partial charge in [-0.3, -0.25) is 0 Å². The molecule has 0 spiro atoms. The fourth-order valence-corrected chi connectivity index (χ4v) is 3.03. The van der Waals surface area contributed by atoms with Gasteiger partial charge < -0.3 is 10.1 Å². The summed E-state index contributed by atoms with van der Waals surface area (Å²) >= 11 is 0. The summed E-state index contributed by atoms with van der Waals surface area (Å²) in [5, 5.41) is 4.58. The van der Waals surface area contributed by atoms with Crippen LogP contribution >= 0.6 is 0 Å². The van der Waals surface area contributed by atoms with Gasteiger partial charge in [-0.1, -0.05) is 36.4 Å². The molecule has 0 bridgehead atoms. The van der Waals surface area contributed by atoms with Crippen molar-refractivity contribution in [3.05, 3.63) is 78.9 Å². The molecule has 2 heterocycles. The van der Waals surface area contributed by atoms with E-state index >= 15 is 0 Å². The van der Waals surface area contributed by atoms with Crippen molar-refractivity contribution >= 4 is 22.3 Å². The Bertz CT molecular complexity index is 1070. The van der Waals surface area contributed by atoms with Crippen LogP contribution in [0.5, 0.6) is 11.5 Å². The third kappa shape index (κ3) is 2.10. The number of rotatable bonds is 1. The minimum Gasteiger partial charge on any atom is -0.453 e. The lowest BCUT2D eigenvalue weighted by Crippen LogP contribution is -2.02. The molecule has 3 heteroatoms. The second kappa shape index (κ2) is 5.10. The molecule has 0 radical (unpaired) electrons. The Labute approximate surface area is 139 Å². The topological polar surface area (TPSA) is 34.2 Å². The van der Waals surface area contributed by atoms with Crippen molar-refractivity contribution in [1.29, 1.82) is 0 Å². The molecule has 0 atom stereocenters. The van der Waals surface area contributed by atoms with Gasteiger partial charge in [-0.25, -0.2) is 4.98 Å². The highest BCUT2D eigenvalue weighted by molar-refractivity contribution is 5.83. The van der Waals surface area contributed by atoms with E-state index in [4.69, 9.17) is 9.72 Å². The van der Waals surface area contributed by atoms with Crippen LogP contribution in [0.3, 0.4) is 0 Å². The summed E-state index contributed by atoms with van der Waals surface area (Å²) in [6.07, 6.45) is 0. The fourth-order valence-electron chi connectivity index (χ4n) is 3.03. The first-order chi connectivity index (χ1) is 11.9. The van der Waals surface area contributed by atoms with Crippen molar-refractivity contribution in [2.45, 2.75) is 0 Å². The number of benzene rings is 3. The monoisotopic (exact) mass is 310 g/mol. The quantitative estimate of drug-likeness (QED) is 0.428. The first kappa shape index (κ1) is 13.1. The molecular formula is C21H14N2O. The van der Waals surface area contributed by atoms with E-state index in [1.165, 1.54) is 0 Å². The van der Waals surface area contributed by atoms with E-state index in [2.05, 4.69) is 29.6 Å². The third-order valence-corrected chi connectivity index (χ3v) is 4.25. The lowest BCUT2D eigenvalue weighted by molar-refractivity contribution is 0.481. The standard InChI is InChI=1S/C21H14N2O/c1-2-6-16-14(5-1)9-11-17(22-16)15-10-12-21-19(13-15)23-18-7-3-4-8-20(18)24-21/h1-13,23H. The first-order valence-electron chi connectivity index (χ1n) is 7.91. The lowest BCUT2D eigenvalue weighted by Gasteiger charge is -2.22. The molecule has 0 saturated heterocycles. The lowest BCUT2D eigenvalue weighted by atomic mass is 10.1. The normalized spacial score (nSPS) is 12.0. The average molecular weight is 310 g/mol. The largest absolute Gasteiger partial charge is 0.453 e. The van der Waals surface area contributed by atoms with Gasteiger partial charge in [0.2, 0.25) is 0 Å². The second-order valence-corrected chi connectivity index (χ2v) is 5.82. The van der Waals surface area contributed by atoms with Crippen molar-refractivity contribution in [3.8, 4) is 22.8 Å². The minimum absolute atomic E-state index is 0.832. The van der Waals surface area contributed by atoms with Crippen LogP contribution in [-0.2, 0) is 0 Å². The zero-order valence-corrected chi connectivity index (χ0v) is 12.9. The molecule has 0 fully saturated rings. The summed E-state index contributed by atoms with van der Waals surface area (Å²) in [5.74, 6) is 1.68. The minimum atomic E-state index is 0.832. The number of nitrogens with zero attached hydrogens (tertiary/aromatic N) is 1. The maximum atomic E-state index is 5.96. The molecule has 1 aliphatic heterocycles. The first-order valence-corrected chi connectivity index (χ1v) is 7.91. The number of aromatic nitrogens is 1. The predicted octanol–water partition coefficient (Wildman–Crippen LogP) is 5.75. The molecule has 1 aromatic heterocycles. The van der Waals surface area contributed by atoms with Crippen LogP contribution < -0.4 is 10.1 Å². The number of fused-ring (bicyclic) bond motifs is 3. The maximum absolute atomic E-state index is 5.96. The van der Waals surface area contributed by atoms with Gasteiger partial charge in [0.05, 0.1) is 22.6 Å². The molecular weight excluding hydrogens is 296 g/mol. The van der Waals surface area contributed by atoms with Crippen molar-refractivity contribution < 1.29 is 4.74 Å². The molecule has 114 valence electrons. The number of pyridine rings is 1. The highest BCUT2D eigenvalue weighted by atomic mass is 16.5. The number of ether oxygens (including phenoxy) is 1. The van der Waals surface area contributed by atoms with Crippen molar-refractivity contribution in [2.75, 3.05) is 5.32 Å². The summed E-state index contributed by atoms with van der Waals surface area (Å²) in [7, 11) is 0. The summed E-state index contributed by atoms with van der Waals surface area (Å²) < 4.78 is 5.96. The zero-order chi connectivity index (χ0) is 15.9. The fraction of sp³-hybridized carbons (Fsp3) is 0. The van der Waals surface area contributed by atoms with E-state index in [-0.39, 0.29) is 0 Å². The Morgan fingerprint density at radius 1 is 0.708 bits per heavy atom. The highest BCUT2D eigenvalue weighted by Crippen LogP contribution is 2.43. The Morgan fingerprint density at radius 3 is 2.54 bits per heavy atom. The van der Waals surface area contributed by atoms with Gasteiger partial charge in [0.1, 0.15) is 0 Å². The van der Waals surface area contributed by atoms with Crippen LogP contribution in [-0.4, -0.2) is 4.98 Å². The van der Waals surface area contributed by atoms with Gasteiger partial charge in [0, 0.05) is 10.9 Å². The second-order valence-electron chi connectivity index (χ2n) is 5.82. The summed E-state index contributed by atoms with van der Waals surface area (Å²) in [4.78, 5) is 4.77. The molecule has 1 aliphatic rings. The number of para-hydroxylation sites is 3. The Balaban J connectivity index is 1.58. The van der Waals surface area contributed by atoms with Crippen LogP contribution in [0.15, 0.2) is 78.9 Å². The summed E-state index contributed by atoms with van der Waals surface area (Å²) in [5.41, 5.74) is 4.96. The number of anilines is 2. The van der Waals surface area contributed by atoms with Gasteiger partial charge in [0.15, 0.2) is 11.5 Å². The van der Waals surface area contributed by atoms with Crippen LogP contribution in [0, 0.1) is 0 Å². The van der Waals surface area contributed by atoms with E-state index < -0.39 is 0 Å². The van der Waals surface area contributed by atoms with Crippen LogP contribution in [0.25, 0.3) is 22.2 Å². The number of hydrogen-bond acceptors (Lipinski definition) is 3. The van der Waals surface area contributed by atoms with E-state index in [0.29, 0.717) is 0 Å². The van der Waals surface area contributed by atoms with Crippen LogP contribution in [0.2, 0.25) is 0 Å². The summed E-state index contributed by atoms with van der Waals surface area (Å²) in [6, 6.07) is 26.4. The highest BCUT2D eigenvalue weighted by Gasteiger charge is 2.16. The molecule has 0 amide bonds. The van der Waals surface area contributed by atoms with E-state index in [0.717, 1.165) is 45.0 Å².